The number of hydrogen-bond donors (Lipinski definition) is 3. The summed E-state index contributed by atoms with van der Waals surface area (Å²) in [7, 11) is 1.60. The minimum atomic E-state index is -0.171. The van der Waals surface area contributed by atoms with E-state index < -0.39 is 0 Å². The summed E-state index contributed by atoms with van der Waals surface area (Å²) < 4.78 is 0. The van der Waals surface area contributed by atoms with Gasteiger partial charge in [0.2, 0.25) is 0 Å². The Morgan fingerprint density at radius 1 is 1.14 bits per heavy atom. The molecular formula is C17H25N3O2. The summed E-state index contributed by atoms with van der Waals surface area (Å²) in [5.41, 5.74) is 2.19. The average Bonchev–Trinajstić information content (AvgIpc) is 2.50. The first-order valence-electron chi connectivity index (χ1n) is 7.90. The Morgan fingerprint density at radius 2 is 1.82 bits per heavy atom. The molecule has 1 aromatic carbocycles. The van der Waals surface area contributed by atoms with Crippen LogP contribution in [0.2, 0.25) is 0 Å². The van der Waals surface area contributed by atoms with E-state index in [1.165, 1.54) is 12.8 Å². The van der Waals surface area contributed by atoms with Gasteiger partial charge in [0, 0.05) is 24.3 Å². The molecule has 0 spiro atoms. The number of carbonyl (C=O) groups excluding carboxylic acids is 2. The first-order chi connectivity index (χ1) is 10.5. The molecule has 5 nitrogen and oxygen atoms in total. The number of hydrogen-bond acceptors (Lipinski definition) is 2. The Balaban J connectivity index is 1.92. The maximum atomic E-state index is 12.1. The number of anilines is 1. The van der Waals surface area contributed by atoms with E-state index in [2.05, 4.69) is 22.9 Å². The molecule has 0 aliphatic heterocycles. The van der Waals surface area contributed by atoms with Gasteiger partial charge in [-0.2, -0.15) is 0 Å². The quantitative estimate of drug-likeness (QED) is 0.803. The van der Waals surface area contributed by atoms with E-state index in [1.54, 1.807) is 25.2 Å². The second-order valence-electron chi connectivity index (χ2n) is 6.16. The zero-order valence-corrected chi connectivity index (χ0v) is 13.5. The number of carbonyl (C=O) groups is 2. The van der Waals surface area contributed by atoms with Gasteiger partial charge in [-0.25, -0.2) is 4.79 Å². The van der Waals surface area contributed by atoms with E-state index in [4.69, 9.17) is 0 Å². The summed E-state index contributed by atoms with van der Waals surface area (Å²) in [6.45, 7) is 4.14. The van der Waals surface area contributed by atoms with Gasteiger partial charge in [0.15, 0.2) is 0 Å². The molecule has 1 fully saturated rings. The Morgan fingerprint density at radius 3 is 2.41 bits per heavy atom. The maximum Gasteiger partial charge on any atom is 0.319 e. The van der Waals surface area contributed by atoms with Crippen molar-refractivity contribution in [1.29, 1.82) is 0 Å². The van der Waals surface area contributed by atoms with Crippen LogP contribution in [0.25, 0.3) is 0 Å². The molecule has 0 radical (unpaired) electrons. The van der Waals surface area contributed by atoms with Crippen LogP contribution < -0.4 is 16.0 Å². The zero-order valence-electron chi connectivity index (χ0n) is 13.5. The first-order valence-corrected chi connectivity index (χ1v) is 7.90. The second-order valence-corrected chi connectivity index (χ2v) is 6.16. The number of nitrogens with one attached hydrogen (secondary N) is 3. The van der Waals surface area contributed by atoms with Crippen molar-refractivity contribution >= 4 is 17.6 Å². The fourth-order valence-electron chi connectivity index (χ4n) is 2.84. The number of rotatable bonds is 3. The maximum absolute atomic E-state index is 12.1. The minimum absolute atomic E-state index is 0.129. The highest BCUT2D eigenvalue weighted by Crippen LogP contribution is 2.23. The van der Waals surface area contributed by atoms with Gasteiger partial charge in [-0.1, -0.05) is 6.92 Å². The number of benzene rings is 1. The van der Waals surface area contributed by atoms with Crippen molar-refractivity contribution in [1.82, 2.24) is 10.6 Å². The Bertz CT molecular complexity index is 549. The van der Waals surface area contributed by atoms with Crippen LogP contribution in [0.15, 0.2) is 18.2 Å². The molecule has 0 saturated heterocycles. The molecule has 3 amide bonds. The van der Waals surface area contributed by atoms with Gasteiger partial charge in [0.25, 0.3) is 5.91 Å². The highest BCUT2D eigenvalue weighted by molar-refractivity contribution is 5.96. The van der Waals surface area contributed by atoms with Gasteiger partial charge in [-0.05, 0) is 62.3 Å². The molecule has 0 aromatic heterocycles. The highest BCUT2D eigenvalue weighted by atomic mass is 16.2. The average molecular weight is 303 g/mol. The van der Waals surface area contributed by atoms with E-state index >= 15 is 0 Å². The normalized spacial score (nSPS) is 21.0. The smallest absolute Gasteiger partial charge is 0.319 e. The topological polar surface area (TPSA) is 70.2 Å². The monoisotopic (exact) mass is 303 g/mol. The van der Waals surface area contributed by atoms with Crippen molar-refractivity contribution in [2.45, 2.75) is 45.6 Å². The molecule has 5 heteroatoms. The van der Waals surface area contributed by atoms with Crippen LogP contribution in [-0.4, -0.2) is 25.0 Å². The van der Waals surface area contributed by atoms with Gasteiger partial charge in [-0.3, -0.25) is 4.79 Å². The first kappa shape index (κ1) is 16.3. The summed E-state index contributed by atoms with van der Waals surface area (Å²) in [6, 6.07) is 5.35. The molecule has 0 unspecified atom stereocenters. The third kappa shape index (κ3) is 4.23. The lowest BCUT2D eigenvalue weighted by Crippen LogP contribution is -2.40. The summed E-state index contributed by atoms with van der Waals surface area (Å²) in [4.78, 5) is 23.7. The lowest BCUT2D eigenvalue weighted by Gasteiger charge is -2.27. The zero-order chi connectivity index (χ0) is 16.1. The van der Waals surface area contributed by atoms with Gasteiger partial charge < -0.3 is 16.0 Å². The van der Waals surface area contributed by atoms with Crippen molar-refractivity contribution in [2.24, 2.45) is 5.92 Å². The molecule has 1 aromatic rings. The molecule has 1 saturated carbocycles. The van der Waals surface area contributed by atoms with Crippen molar-refractivity contribution in [3.05, 3.63) is 29.3 Å². The van der Waals surface area contributed by atoms with Crippen LogP contribution in [0.4, 0.5) is 10.5 Å². The molecule has 1 aliphatic carbocycles. The van der Waals surface area contributed by atoms with Crippen LogP contribution in [0, 0.1) is 12.8 Å². The summed E-state index contributed by atoms with van der Waals surface area (Å²) >= 11 is 0. The second kappa shape index (κ2) is 7.29. The standard InChI is InChI=1S/C17H25N3O2/c1-11-4-7-14(8-5-11)19-17(22)20-15-9-6-13(10-12(15)2)16(21)18-3/h6,9-11,14H,4-5,7-8H2,1-3H3,(H,18,21)(H2,19,20,22). The van der Waals surface area contributed by atoms with Crippen LogP contribution in [0.3, 0.4) is 0 Å². The van der Waals surface area contributed by atoms with Crippen molar-refractivity contribution in [3.8, 4) is 0 Å². The van der Waals surface area contributed by atoms with Gasteiger partial charge in [0.1, 0.15) is 0 Å². The number of amides is 3. The molecule has 2 rings (SSSR count). The number of aryl methyl sites for hydroxylation is 1. The van der Waals surface area contributed by atoms with Crippen LogP contribution in [-0.2, 0) is 0 Å². The Hall–Kier alpha value is -2.04. The SMILES string of the molecule is CNC(=O)c1ccc(NC(=O)NC2CCC(C)CC2)c(C)c1. The lowest BCUT2D eigenvalue weighted by atomic mass is 9.87. The lowest BCUT2D eigenvalue weighted by molar-refractivity contribution is 0.0963. The molecule has 1 aliphatic rings. The molecule has 120 valence electrons. The molecule has 22 heavy (non-hydrogen) atoms. The summed E-state index contributed by atoms with van der Waals surface area (Å²) in [5, 5.41) is 8.49. The van der Waals surface area contributed by atoms with Crippen molar-refractivity contribution < 1.29 is 9.59 Å². The number of urea groups is 1. The van der Waals surface area contributed by atoms with E-state index in [0.29, 0.717) is 5.56 Å². The predicted molar refractivity (Wildman–Crippen MR) is 88.1 cm³/mol. The Kier molecular flexibility index (Phi) is 5.41. The molecule has 0 heterocycles. The van der Waals surface area contributed by atoms with Gasteiger partial charge >= 0.3 is 6.03 Å². The van der Waals surface area contributed by atoms with E-state index in [0.717, 1.165) is 30.0 Å². The van der Waals surface area contributed by atoms with Crippen molar-refractivity contribution in [3.63, 3.8) is 0 Å². The molecule has 3 N–H and O–H groups in total. The van der Waals surface area contributed by atoms with E-state index in [-0.39, 0.29) is 18.0 Å². The fraction of sp³-hybridized carbons (Fsp3) is 0.529. The summed E-state index contributed by atoms with van der Waals surface area (Å²) in [6.07, 6.45) is 4.43. The minimum Gasteiger partial charge on any atom is -0.355 e. The third-order valence-corrected chi connectivity index (χ3v) is 4.31. The third-order valence-electron chi connectivity index (χ3n) is 4.31. The molecule has 0 atom stereocenters. The van der Waals surface area contributed by atoms with E-state index in [9.17, 15) is 9.59 Å². The Labute approximate surface area is 131 Å². The summed E-state index contributed by atoms with van der Waals surface area (Å²) in [5.74, 6) is 0.635. The largest absolute Gasteiger partial charge is 0.355 e. The van der Waals surface area contributed by atoms with Crippen LogP contribution in [0.1, 0.15) is 48.5 Å². The highest BCUT2D eigenvalue weighted by Gasteiger charge is 2.19. The molecular weight excluding hydrogens is 278 g/mol. The van der Waals surface area contributed by atoms with E-state index in [1.807, 2.05) is 6.92 Å². The fourth-order valence-corrected chi connectivity index (χ4v) is 2.84. The van der Waals surface area contributed by atoms with Gasteiger partial charge in [-0.15, -0.1) is 0 Å². The van der Waals surface area contributed by atoms with Crippen LogP contribution in [0.5, 0.6) is 0 Å². The van der Waals surface area contributed by atoms with Crippen molar-refractivity contribution in [2.75, 3.05) is 12.4 Å². The van der Waals surface area contributed by atoms with Gasteiger partial charge in [0.05, 0.1) is 0 Å². The molecule has 0 bridgehead atoms. The van der Waals surface area contributed by atoms with Crippen LogP contribution >= 0.6 is 0 Å². The predicted octanol–water partition coefficient (Wildman–Crippen LogP) is 3.05.